The normalized spacial score (nSPS) is 24.0. The first-order valence-corrected chi connectivity index (χ1v) is 19.8. The summed E-state index contributed by atoms with van der Waals surface area (Å²) in [5, 5.41) is 7.54. The molecule has 9 rings (SSSR count). The largest absolute Gasteiger partial charge is 0.485 e. The Bertz CT molecular complexity index is 2200. The molecule has 1 amide bonds. The molecule has 2 spiro atoms. The molecule has 2 aliphatic heterocycles. The quantitative estimate of drug-likeness (QED) is 0.218. The second-order valence-electron chi connectivity index (χ2n) is 15.6. The third-order valence-corrected chi connectivity index (χ3v) is 13.1. The van der Waals surface area contributed by atoms with Crippen molar-refractivity contribution in [2.24, 2.45) is 22.7 Å². The third-order valence-electron chi connectivity index (χ3n) is 11.9. The lowest BCUT2D eigenvalue weighted by molar-refractivity contribution is 0.0981. The maximum absolute atomic E-state index is 14.0. The highest BCUT2D eigenvalue weighted by atomic mass is 32.2. The number of carbonyl (C=O) groups excluding carboxylic acids is 1. The number of fused-ring (bicyclic) bond motifs is 7. The minimum absolute atomic E-state index is 0.0600. The topological polar surface area (TPSA) is 141 Å². The number of carbonyl (C=O) groups is 1. The van der Waals surface area contributed by atoms with Crippen LogP contribution >= 0.6 is 0 Å². The number of sulfonamides is 1. The molecule has 1 aromatic carbocycles. The molecule has 13 heteroatoms. The summed E-state index contributed by atoms with van der Waals surface area (Å²) in [6.45, 7) is 5.61. The number of rotatable bonds is 8. The molecule has 2 N–H and O–H groups in total. The highest BCUT2D eigenvalue weighted by molar-refractivity contribution is 7.90. The zero-order chi connectivity index (χ0) is 37.5. The van der Waals surface area contributed by atoms with Crippen molar-refractivity contribution < 1.29 is 25.4 Å². The van der Waals surface area contributed by atoms with Crippen LogP contribution in [-0.2, 0) is 16.6 Å². The number of hydrogen-bond acceptors (Lipinski definition) is 10. The fourth-order valence-electron chi connectivity index (χ4n) is 8.97. The molecule has 3 aromatic heterocycles. The monoisotopic (exact) mass is 725 g/mol. The smallest absolute Gasteiger partial charge is 0.281 e. The number of pyridine rings is 2. The van der Waals surface area contributed by atoms with Crippen molar-refractivity contribution in [2.45, 2.75) is 82.3 Å². The van der Waals surface area contributed by atoms with Crippen molar-refractivity contribution in [1.82, 2.24) is 24.5 Å². The number of amides is 1. The molecule has 1 saturated heterocycles. The van der Waals surface area contributed by atoms with Crippen LogP contribution in [0.4, 0.5) is 11.6 Å². The molecule has 52 heavy (non-hydrogen) atoms. The molecular weight excluding hydrogens is 679 g/mol. The number of benzene rings is 1. The van der Waals surface area contributed by atoms with E-state index in [1.54, 1.807) is 30.5 Å². The van der Waals surface area contributed by atoms with Crippen LogP contribution in [0.1, 0.15) is 83.8 Å². The second kappa shape index (κ2) is 12.2. The number of aromatic nitrogens is 4. The number of nitrogens with zero attached hydrogens (tertiary/aromatic N) is 5. The predicted molar refractivity (Wildman–Crippen MR) is 195 cm³/mol. The molecule has 12 nitrogen and oxygen atoms in total. The first-order chi connectivity index (χ1) is 25.8. The van der Waals surface area contributed by atoms with E-state index >= 15 is 0 Å². The Balaban J connectivity index is 0.984. The molecule has 3 saturated carbocycles. The van der Waals surface area contributed by atoms with E-state index in [1.807, 2.05) is 30.3 Å². The van der Waals surface area contributed by atoms with Crippen molar-refractivity contribution in [3.63, 3.8) is 0 Å². The Hall–Kier alpha value is -4.65. The summed E-state index contributed by atoms with van der Waals surface area (Å²) in [6, 6.07) is 17.4. The highest BCUT2D eigenvalue weighted by Gasteiger charge is 2.85. The van der Waals surface area contributed by atoms with Crippen LogP contribution in [0.25, 0.3) is 5.82 Å². The van der Waals surface area contributed by atoms with Crippen molar-refractivity contribution in [2.75, 3.05) is 29.9 Å². The average Bonchev–Trinajstić information content (AvgIpc) is 4.10. The van der Waals surface area contributed by atoms with Gasteiger partial charge in [0.1, 0.15) is 12.4 Å². The molecule has 4 aromatic rings. The van der Waals surface area contributed by atoms with Crippen LogP contribution in [0.5, 0.6) is 11.6 Å². The van der Waals surface area contributed by atoms with Crippen LogP contribution in [0.3, 0.4) is 0 Å². The maximum Gasteiger partial charge on any atom is 0.281 e. The van der Waals surface area contributed by atoms with E-state index in [9.17, 15) is 13.2 Å². The number of hydrogen-bond donors (Lipinski definition) is 2. The van der Waals surface area contributed by atoms with Gasteiger partial charge in [-0.25, -0.2) is 19.4 Å². The lowest BCUT2D eigenvalue weighted by Crippen LogP contribution is -2.41. The van der Waals surface area contributed by atoms with Gasteiger partial charge in [0.25, 0.3) is 15.9 Å². The van der Waals surface area contributed by atoms with Gasteiger partial charge in [-0.05, 0) is 118 Å². The lowest BCUT2D eigenvalue weighted by Gasteiger charge is -2.34. The summed E-state index contributed by atoms with van der Waals surface area (Å²) in [7, 11) is -4.40. The second-order valence-corrected chi connectivity index (χ2v) is 17.3. The van der Waals surface area contributed by atoms with Crippen LogP contribution in [0.15, 0.2) is 71.9 Å². The van der Waals surface area contributed by atoms with E-state index in [4.69, 9.17) is 17.2 Å². The maximum atomic E-state index is 14.0. The molecule has 5 heterocycles. The molecule has 3 aliphatic carbocycles. The molecule has 272 valence electrons. The molecule has 4 bridgehead atoms. The number of ether oxygens (including phenoxy) is 2. The van der Waals surface area contributed by atoms with E-state index in [-0.39, 0.29) is 52.0 Å². The summed E-state index contributed by atoms with van der Waals surface area (Å²) in [6.07, 6.45) is 7.32. The van der Waals surface area contributed by atoms with Gasteiger partial charge >= 0.3 is 0 Å². The molecule has 5 aliphatic rings. The highest BCUT2D eigenvalue weighted by Crippen LogP contribution is 2.93. The summed E-state index contributed by atoms with van der Waals surface area (Å²) in [5.74, 6) is 1.29. The molecule has 0 unspecified atom stereocenters. The third kappa shape index (κ3) is 5.86. The van der Waals surface area contributed by atoms with Crippen LogP contribution in [0, 0.1) is 22.7 Å². The Morgan fingerprint density at radius 2 is 1.77 bits per heavy atom. The first-order valence-electron chi connectivity index (χ1n) is 19.3. The Morgan fingerprint density at radius 1 is 0.981 bits per heavy atom. The van der Waals surface area contributed by atoms with Gasteiger partial charge in [0, 0.05) is 33.6 Å². The summed E-state index contributed by atoms with van der Waals surface area (Å²) >= 11 is 0. The van der Waals surface area contributed by atoms with Gasteiger partial charge in [-0.2, -0.15) is 8.42 Å². The van der Waals surface area contributed by atoms with E-state index in [0.29, 0.717) is 42.2 Å². The van der Waals surface area contributed by atoms with Gasteiger partial charge in [-0.3, -0.25) is 4.79 Å². The van der Waals surface area contributed by atoms with Crippen LogP contribution in [0.2, 0.25) is 0 Å². The lowest BCUT2D eigenvalue weighted by atomic mass is 9.93. The number of anilines is 2. The minimum Gasteiger partial charge on any atom is -0.485 e. The standard InChI is InChI=1S/C39H45N7O5S/c1-37(2)23-27-9-6-20-40-34-29(51-25-26-7-4-3-5-8-26)11-13-33(42-34)52(48,49)44-36(47)28-10-12-31(41-35(28)45(37)24-27)46-21-14-32(43-46)50-22-15-30-38(16-17-38)39(30)18-19-39/h3-5,7-8,10-14,21,27,30H,6,9,15-20,22-25H2,1-2H3,(H,40,42)(H,44,47)/t27-/m0/s1/i15D2. The first kappa shape index (κ1) is 30.9. The number of nitrogens with one attached hydrogen (secondary N) is 2. The van der Waals surface area contributed by atoms with Gasteiger partial charge in [0.15, 0.2) is 22.4 Å². The molecule has 1 atom stereocenters. The van der Waals surface area contributed by atoms with E-state index in [0.717, 1.165) is 50.5 Å². The van der Waals surface area contributed by atoms with E-state index in [2.05, 4.69) is 38.9 Å². The van der Waals surface area contributed by atoms with Crippen LogP contribution < -0.4 is 24.4 Å². The summed E-state index contributed by atoms with van der Waals surface area (Å²) in [4.78, 5) is 25.4. The van der Waals surface area contributed by atoms with Gasteiger partial charge in [-0.1, -0.05) is 30.3 Å². The Labute approximate surface area is 307 Å². The fourth-order valence-corrected chi connectivity index (χ4v) is 9.89. The predicted octanol–water partition coefficient (Wildman–Crippen LogP) is 6.13. The zero-order valence-electron chi connectivity index (χ0n) is 31.5. The summed E-state index contributed by atoms with van der Waals surface area (Å²) in [5.41, 5.74) is 1.11. The van der Waals surface area contributed by atoms with Crippen molar-refractivity contribution in [1.29, 1.82) is 0 Å². The molecule has 4 fully saturated rings. The summed E-state index contributed by atoms with van der Waals surface area (Å²) < 4.78 is 60.8. The van der Waals surface area contributed by atoms with Crippen molar-refractivity contribution in [3.05, 3.63) is 78.0 Å². The fraction of sp³-hybridized carbons (Fsp3) is 0.487. The van der Waals surface area contributed by atoms with Gasteiger partial charge in [0.05, 0.1) is 12.2 Å². The minimum atomic E-state index is -4.40. The van der Waals surface area contributed by atoms with Crippen molar-refractivity contribution in [3.8, 4) is 17.4 Å². The van der Waals surface area contributed by atoms with Gasteiger partial charge in [-0.15, -0.1) is 5.10 Å². The van der Waals surface area contributed by atoms with Gasteiger partial charge in [0.2, 0.25) is 5.88 Å². The van der Waals surface area contributed by atoms with E-state index in [1.165, 1.54) is 10.7 Å². The Kier molecular flexibility index (Phi) is 7.26. The van der Waals surface area contributed by atoms with Gasteiger partial charge < -0.3 is 19.7 Å². The Morgan fingerprint density at radius 3 is 2.54 bits per heavy atom. The average molecular weight is 726 g/mol. The van der Waals surface area contributed by atoms with Crippen LogP contribution in [-0.4, -0.2) is 59.3 Å². The zero-order valence-corrected chi connectivity index (χ0v) is 30.3. The van der Waals surface area contributed by atoms with E-state index < -0.39 is 22.3 Å². The molecule has 0 radical (unpaired) electrons. The van der Waals surface area contributed by atoms with Crippen molar-refractivity contribution >= 4 is 27.6 Å². The molecular formula is C39H45N7O5S. The SMILES string of the molecule is [2H]C([2H])(COc1ccn(-c2ccc3c(n2)N2C[C@@H](CCCNc4nc(ccc4OCc4ccccc4)S(=O)(=O)NC3=O)CC2(C)C)n1)C1C2(CC2)C12CC2.